The molecule has 0 saturated heterocycles. The lowest BCUT2D eigenvalue weighted by atomic mass is 10.1. The molecule has 0 spiro atoms. The van der Waals surface area contributed by atoms with E-state index in [-0.39, 0.29) is 0 Å². The Morgan fingerprint density at radius 1 is 0.622 bits per heavy atom. The molecule has 3 nitrogen and oxygen atoms in total. The SMILES string of the molecule is CN1CN(c2cccc(Sc3ccc4c(c3)c3ccccc3n4Cc3ccccc3)c2)c2ccccc21. The highest BCUT2D eigenvalue weighted by molar-refractivity contribution is 7.99. The van der Waals surface area contributed by atoms with Gasteiger partial charge in [0.1, 0.15) is 0 Å². The van der Waals surface area contributed by atoms with E-state index in [1.807, 2.05) is 11.8 Å². The molecule has 0 saturated carbocycles. The summed E-state index contributed by atoms with van der Waals surface area (Å²) in [5.41, 5.74) is 7.64. The van der Waals surface area contributed by atoms with Crippen LogP contribution in [0.4, 0.5) is 17.1 Å². The number of aromatic nitrogens is 1. The summed E-state index contributed by atoms with van der Waals surface area (Å²) >= 11 is 1.83. The van der Waals surface area contributed by atoms with E-state index < -0.39 is 0 Å². The molecule has 0 amide bonds. The molecule has 1 aliphatic rings. The minimum atomic E-state index is 0.861. The molecule has 2 heterocycles. The highest BCUT2D eigenvalue weighted by atomic mass is 32.2. The Kier molecular flexibility index (Phi) is 5.40. The van der Waals surface area contributed by atoms with Crippen molar-refractivity contribution in [3.8, 4) is 0 Å². The summed E-state index contributed by atoms with van der Waals surface area (Å²) in [6.07, 6.45) is 0. The number of anilines is 3. The molecular weight excluding hydrogens is 470 g/mol. The van der Waals surface area contributed by atoms with Gasteiger partial charge in [0.05, 0.1) is 18.0 Å². The van der Waals surface area contributed by atoms with Crippen molar-refractivity contribution in [3.05, 3.63) is 127 Å². The number of hydrogen-bond acceptors (Lipinski definition) is 3. The molecule has 0 radical (unpaired) electrons. The standard InChI is InChI=1S/C33H27N3S/c1-34-23-36(33-17-8-7-16-32(33)34)25-12-9-13-26(20-25)37-27-18-19-31-29(21-27)28-14-5-6-15-30(28)35(31)22-24-10-3-2-4-11-24/h2-21H,22-23H2,1H3. The van der Waals surface area contributed by atoms with E-state index in [4.69, 9.17) is 0 Å². The Labute approximate surface area is 221 Å². The summed E-state index contributed by atoms with van der Waals surface area (Å²) in [6, 6.07) is 43.9. The maximum atomic E-state index is 2.44. The smallest absolute Gasteiger partial charge is 0.0950 e. The van der Waals surface area contributed by atoms with Crippen molar-refractivity contribution in [2.45, 2.75) is 16.3 Å². The molecule has 0 atom stereocenters. The van der Waals surface area contributed by atoms with Crippen LogP contribution in [-0.2, 0) is 6.54 Å². The Bertz CT molecular complexity index is 1740. The second-order valence-corrected chi connectivity index (χ2v) is 10.8. The van der Waals surface area contributed by atoms with Gasteiger partial charge in [-0.15, -0.1) is 0 Å². The second-order valence-electron chi connectivity index (χ2n) is 9.62. The van der Waals surface area contributed by atoms with E-state index in [1.165, 1.54) is 54.2 Å². The van der Waals surface area contributed by atoms with Crippen molar-refractivity contribution in [3.63, 3.8) is 0 Å². The maximum absolute atomic E-state index is 2.44. The first-order valence-corrected chi connectivity index (χ1v) is 13.5. The molecule has 0 N–H and O–H groups in total. The quantitative estimate of drug-likeness (QED) is 0.237. The molecule has 0 unspecified atom stereocenters. The lowest BCUT2D eigenvalue weighted by Gasteiger charge is -2.20. The van der Waals surface area contributed by atoms with Gasteiger partial charge in [-0.1, -0.05) is 78.5 Å². The zero-order valence-corrected chi connectivity index (χ0v) is 21.5. The molecule has 4 heteroatoms. The molecule has 0 fully saturated rings. The van der Waals surface area contributed by atoms with Gasteiger partial charge in [0, 0.05) is 50.9 Å². The van der Waals surface area contributed by atoms with Crippen LogP contribution in [0.3, 0.4) is 0 Å². The molecule has 0 aliphatic carbocycles. The summed E-state index contributed by atoms with van der Waals surface area (Å²) in [5.74, 6) is 0. The van der Waals surface area contributed by atoms with Crippen LogP contribution in [0.1, 0.15) is 5.56 Å². The Balaban J connectivity index is 1.24. The van der Waals surface area contributed by atoms with Crippen LogP contribution in [-0.4, -0.2) is 18.3 Å². The highest BCUT2D eigenvalue weighted by Gasteiger charge is 2.24. The van der Waals surface area contributed by atoms with E-state index in [9.17, 15) is 0 Å². The van der Waals surface area contributed by atoms with E-state index >= 15 is 0 Å². The fourth-order valence-corrected chi connectivity index (χ4v) is 6.40. The highest BCUT2D eigenvalue weighted by Crippen LogP contribution is 2.41. The van der Waals surface area contributed by atoms with Gasteiger partial charge >= 0.3 is 0 Å². The fraction of sp³-hybridized carbons (Fsp3) is 0.0909. The first-order valence-electron chi connectivity index (χ1n) is 12.7. The lowest BCUT2D eigenvalue weighted by Crippen LogP contribution is -2.23. The van der Waals surface area contributed by atoms with E-state index in [0.717, 1.165) is 13.2 Å². The predicted molar refractivity (Wildman–Crippen MR) is 157 cm³/mol. The Morgan fingerprint density at radius 3 is 2.24 bits per heavy atom. The molecule has 6 aromatic rings. The average molecular weight is 498 g/mol. The molecule has 1 aromatic heterocycles. The van der Waals surface area contributed by atoms with Gasteiger partial charge in [-0.25, -0.2) is 0 Å². The molecule has 0 bridgehead atoms. The number of fused-ring (bicyclic) bond motifs is 4. The van der Waals surface area contributed by atoms with Crippen molar-refractivity contribution in [2.24, 2.45) is 0 Å². The molecule has 1 aliphatic heterocycles. The molecule has 180 valence electrons. The number of hydrogen-bond donors (Lipinski definition) is 0. The molecule has 5 aromatic carbocycles. The van der Waals surface area contributed by atoms with Crippen LogP contribution in [0.2, 0.25) is 0 Å². The second kappa shape index (κ2) is 9.06. The van der Waals surface area contributed by atoms with E-state index in [1.54, 1.807) is 0 Å². The normalized spacial score (nSPS) is 13.0. The van der Waals surface area contributed by atoms with E-state index in [0.29, 0.717) is 0 Å². The molecule has 37 heavy (non-hydrogen) atoms. The summed E-state index contributed by atoms with van der Waals surface area (Å²) in [6.45, 7) is 1.73. The van der Waals surface area contributed by atoms with Gasteiger partial charge in [0.2, 0.25) is 0 Å². The molecular formula is C33H27N3S. The lowest BCUT2D eigenvalue weighted by molar-refractivity contribution is 0.869. The van der Waals surface area contributed by atoms with Gasteiger partial charge < -0.3 is 14.4 Å². The van der Waals surface area contributed by atoms with Gasteiger partial charge in [0.25, 0.3) is 0 Å². The average Bonchev–Trinajstić information content (AvgIpc) is 3.44. The zero-order chi connectivity index (χ0) is 24.8. The third-order valence-corrected chi connectivity index (χ3v) is 8.21. The first-order chi connectivity index (χ1) is 18.2. The van der Waals surface area contributed by atoms with Crippen molar-refractivity contribution in [2.75, 3.05) is 23.5 Å². The minimum absolute atomic E-state index is 0.861. The topological polar surface area (TPSA) is 11.4 Å². The van der Waals surface area contributed by atoms with Crippen LogP contribution < -0.4 is 9.80 Å². The first kappa shape index (κ1) is 22.1. The number of rotatable bonds is 5. The van der Waals surface area contributed by atoms with Crippen LogP contribution in [0.25, 0.3) is 21.8 Å². The Morgan fingerprint density at radius 2 is 1.35 bits per heavy atom. The summed E-state index contributed by atoms with van der Waals surface area (Å²) in [5, 5.41) is 2.61. The van der Waals surface area contributed by atoms with Crippen molar-refractivity contribution < 1.29 is 0 Å². The summed E-state index contributed by atoms with van der Waals surface area (Å²) < 4.78 is 2.44. The van der Waals surface area contributed by atoms with Crippen LogP contribution in [0, 0.1) is 0 Å². The summed E-state index contributed by atoms with van der Waals surface area (Å²) in [7, 11) is 2.15. The third-order valence-electron chi connectivity index (χ3n) is 7.23. The monoisotopic (exact) mass is 497 g/mol. The van der Waals surface area contributed by atoms with E-state index in [2.05, 4.69) is 143 Å². The van der Waals surface area contributed by atoms with Gasteiger partial charge in [-0.05, 0) is 60.2 Å². The van der Waals surface area contributed by atoms with Crippen molar-refractivity contribution in [1.29, 1.82) is 0 Å². The number of para-hydroxylation sites is 3. The Hall–Kier alpha value is -4.15. The minimum Gasteiger partial charge on any atom is -0.355 e. The van der Waals surface area contributed by atoms with Crippen LogP contribution in [0.5, 0.6) is 0 Å². The third kappa shape index (κ3) is 3.94. The largest absolute Gasteiger partial charge is 0.355 e. The van der Waals surface area contributed by atoms with Gasteiger partial charge in [0.15, 0.2) is 0 Å². The van der Waals surface area contributed by atoms with Crippen molar-refractivity contribution in [1.82, 2.24) is 4.57 Å². The number of nitrogens with zero attached hydrogens (tertiary/aromatic N) is 3. The molecule has 7 rings (SSSR count). The maximum Gasteiger partial charge on any atom is 0.0950 e. The fourth-order valence-electron chi connectivity index (χ4n) is 5.48. The van der Waals surface area contributed by atoms with Crippen LogP contribution >= 0.6 is 11.8 Å². The van der Waals surface area contributed by atoms with Crippen molar-refractivity contribution >= 4 is 50.6 Å². The predicted octanol–water partition coefficient (Wildman–Crippen LogP) is 8.54. The van der Waals surface area contributed by atoms with Gasteiger partial charge in [-0.2, -0.15) is 0 Å². The zero-order valence-electron chi connectivity index (χ0n) is 20.7. The van der Waals surface area contributed by atoms with Crippen LogP contribution in [0.15, 0.2) is 131 Å². The van der Waals surface area contributed by atoms with Gasteiger partial charge in [-0.3, -0.25) is 0 Å². The summed E-state index contributed by atoms with van der Waals surface area (Å²) in [4.78, 5) is 7.19. The number of benzene rings is 5.